The Hall–Kier alpha value is -2.59. The van der Waals surface area contributed by atoms with E-state index in [2.05, 4.69) is 0 Å². The van der Waals surface area contributed by atoms with Crippen molar-refractivity contribution in [1.82, 2.24) is 0 Å². The van der Waals surface area contributed by atoms with Gasteiger partial charge in [0.25, 0.3) is 0 Å². The molecule has 0 amide bonds. The number of ketones is 1. The van der Waals surface area contributed by atoms with Gasteiger partial charge in [-0.15, -0.1) is 0 Å². The van der Waals surface area contributed by atoms with Crippen LogP contribution in [0.25, 0.3) is 6.08 Å². The van der Waals surface area contributed by atoms with Crippen molar-refractivity contribution >= 4 is 29.4 Å². The number of phenols is 1. The second-order valence-corrected chi connectivity index (χ2v) is 5.04. The van der Waals surface area contributed by atoms with Crippen LogP contribution in [0.5, 0.6) is 5.75 Å². The first-order valence-corrected chi connectivity index (χ1v) is 6.86. The molecule has 22 heavy (non-hydrogen) atoms. The Labute approximate surface area is 132 Å². The number of carbonyl (C=O) groups is 2. The zero-order valence-corrected chi connectivity index (χ0v) is 12.2. The minimum absolute atomic E-state index is 0.144. The molecule has 0 unspecified atom stereocenters. The van der Waals surface area contributed by atoms with Crippen LogP contribution in [-0.2, 0) is 11.2 Å². The van der Waals surface area contributed by atoms with Gasteiger partial charge in [0.1, 0.15) is 5.75 Å². The standard InChI is InChI=1S/C17H13ClO4/c18-14-4-2-1-3-11(14)5-7-15(19)12-6-8-16(20)13(9-12)10-17(21)22/h1-9,20H,10H2,(H,21,22). The van der Waals surface area contributed by atoms with Gasteiger partial charge >= 0.3 is 5.97 Å². The summed E-state index contributed by atoms with van der Waals surface area (Å²) in [5, 5.41) is 18.9. The van der Waals surface area contributed by atoms with E-state index in [9.17, 15) is 14.7 Å². The molecule has 2 aromatic carbocycles. The van der Waals surface area contributed by atoms with Crippen LogP contribution in [0.3, 0.4) is 0 Å². The van der Waals surface area contributed by atoms with Crippen molar-refractivity contribution < 1.29 is 19.8 Å². The highest BCUT2D eigenvalue weighted by Gasteiger charge is 2.10. The first-order valence-electron chi connectivity index (χ1n) is 6.48. The molecule has 0 fully saturated rings. The number of hydrogen-bond donors (Lipinski definition) is 2. The lowest BCUT2D eigenvalue weighted by Crippen LogP contribution is -2.02. The lowest BCUT2D eigenvalue weighted by atomic mass is 10.0. The number of carbonyl (C=O) groups excluding carboxylic acids is 1. The van der Waals surface area contributed by atoms with E-state index in [4.69, 9.17) is 16.7 Å². The molecular weight excluding hydrogens is 304 g/mol. The number of carboxylic acid groups (broad SMARTS) is 1. The second-order valence-electron chi connectivity index (χ2n) is 4.63. The van der Waals surface area contributed by atoms with E-state index in [1.165, 1.54) is 24.3 Å². The first kappa shape index (κ1) is 15.8. The number of halogens is 1. The van der Waals surface area contributed by atoms with Crippen molar-refractivity contribution in [2.24, 2.45) is 0 Å². The van der Waals surface area contributed by atoms with Crippen molar-refractivity contribution in [1.29, 1.82) is 0 Å². The zero-order valence-electron chi connectivity index (χ0n) is 11.5. The average molecular weight is 317 g/mol. The third-order valence-corrected chi connectivity index (χ3v) is 3.37. The monoisotopic (exact) mass is 316 g/mol. The van der Waals surface area contributed by atoms with Crippen LogP contribution in [0.2, 0.25) is 5.02 Å². The summed E-state index contributed by atoms with van der Waals surface area (Å²) >= 11 is 6.00. The maximum atomic E-state index is 12.1. The van der Waals surface area contributed by atoms with Crippen molar-refractivity contribution in [3.05, 3.63) is 70.3 Å². The molecule has 0 aliphatic rings. The van der Waals surface area contributed by atoms with Gasteiger partial charge in [-0.2, -0.15) is 0 Å². The molecule has 0 atom stereocenters. The molecule has 0 radical (unpaired) electrons. The number of rotatable bonds is 5. The molecule has 2 N–H and O–H groups in total. The summed E-state index contributed by atoms with van der Waals surface area (Å²) in [6.07, 6.45) is 2.60. The third-order valence-electron chi connectivity index (χ3n) is 3.03. The number of allylic oxidation sites excluding steroid dienone is 1. The summed E-state index contributed by atoms with van der Waals surface area (Å²) in [7, 11) is 0. The molecular formula is C17H13ClO4. The summed E-state index contributed by atoms with van der Waals surface area (Å²) in [6, 6.07) is 11.2. The van der Waals surface area contributed by atoms with Crippen molar-refractivity contribution in [3.63, 3.8) is 0 Å². The molecule has 0 saturated carbocycles. The SMILES string of the molecule is O=C(O)Cc1cc(C(=O)C=Cc2ccccc2Cl)ccc1O. The Morgan fingerprint density at radius 2 is 1.86 bits per heavy atom. The highest BCUT2D eigenvalue weighted by molar-refractivity contribution is 6.32. The van der Waals surface area contributed by atoms with E-state index < -0.39 is 5.97 Å². The summed E-state index contributed by atoms with van der Waals surface area (Å²) < 4.78 is 0. The highest BCUT2D eigenvalue weighted by Crippen LogP contribution is 2.21. The summed E-state index contributed by atoms with van der Waals surface area (Å²) in [5.41, 5.74) is 1.21. The maximum absolute atomic E-state index is 12.1. The number of benzene rings is 2. The van der Waals surface area contributed by atoms with E-state index in [0.717, 1.165) is 0 Å². The fourth-order valence-corrected chi connectivity index (χ4v) is 2.11. The average Bonchev–Trinajstić information content (AvgIpc) is 2.48. The number of aromatic hydroxyl groups is 1. The smallest absolute Gasteiger partial charge is 0.307 e. The molecule has 0 aromatic heterocycles. The predicted octanol–water partition coefficient (Wildman–Crippen LogP) is 3.57. The molecule has 0 aliphatic heterocycles. The van der Waals surface area contributed by atoms with E-state index in [1.807, 2.05) is 6.07 Å². The fraction of sp³-hybridized carbons (Fsp3) is 0.0588. The Morgan fingerprint density at radius 1 is 1.14 bits per heavy atom. The predicted molar refractivity (Wildman–Crippen MR) is 84.3 cm³/mol. The molecule has 2 aromatic rings. The van der Waals surface area contributed by atoms with E-state index in [0.29, 0.717) is 16.1 Å². The van der Waals surface area contributed by atoms with Crippen LogP contribution in [-0.4, -0.2) is 22.0 Å². The Balaban J connectivity index is 2.23. The second kappa shape index (κ2) is 6.91. The minimum atomic E-state index is -1.08. The number of hydrogen-bond acceptors (Lipinski definition) is 3. The van der Waals surface area contributed by atoms with Crippen LogP contribution in [0.4, 0.5) is 0 Å². The van der Waals surface area contributed by atoms with Gasteiger partial charge in [0.05, 0.1) is 6.42 Å². The molecule has 0 saturated heterocycles. The topological polar surface area (TPSA) is 74.6 Å². The number of phenolic OH excluding ortho intramolecular Hbond substituents is 1. The molecule has 4 nitrogen and oxygen atoms in total. The molecule has 112 valence electrons. The van der Waals surface area contributed by atoms with Gasteiger partial charge < -0.3 is 10.2 Å². The van der Waals surface area contributed by atoms with Crippen LogP contribution in [0.1, 0.15) is 21.5 Å². The largest absolute Gasteiger partial charge is 0.508 e. The lowest BCUT2D eigenvalue weighted by Gasteiger charge is -2.04. The Morgan fingerprint density at radius 3 is 2.55 bits per heavy atom. The minimum Gasteiger partial charge on any atom is -0.508 e. The first-order chi connectivity index (χ1) is 10.5. The van der Waals surface area contributed by atoms with Crippen LogP contribution in [0.15, 0.2) is 48.5 Å². The maximum Gasteiger partial charge on any atom is 0.307 e. The van der Waals surface area contributed by atoms with Gasteiger partial charge in [-0.3, -0.25) is 9.59 Å². The lowest BCUT2D eigenvalue weighted by molar-refractivity contribution is -0.136. The summed E-state index contributed by atoms with van der Waals surface area (Å²) in [6.45, 7) is 0. The van der Waals surface area contributed by atoms with E-state index >= 15 is 0 Å². The van der Waals surface area contributed by atoms with Gasteiger partial charge in [-0.1, -0.05) is 29.8 Å². The van der Waals surface area contributed by atoms with Crippen molar-refractivity contribution in [2.75, 3.05) is 0 Å². The van der Waals surface area contributed by atoms with Gasteiger partial charge in [0.2, 0.25) is 0 Å². The van der Waals surface area contributed by atoms with Crippen LogP contribution in [0, 0.1) is 0 Å². The molecule has 5 heteroatoms. The molecule has 0 heterocycles. The number of carboxylic acids is 1. The number of aliphatic carboxylic acids is 1. The van der Waals surface area contributed by atoms with Crippen LogP contribution >= 0.6 is 11.6 Å². The van der Waals surface area contributed by atoms with E-state index in [1.54, 1.807) is 24.3 Å². The normalized spacial score (nSPS) is 10.8. The van der Waals surface area contributed by atoms with Gasteiger partial charge in [0, 0.05) is 16.1 Å². The fourth-order valence-electron chi connectivity index (χ4n) is 1.92. The summed E-state index contributed by atoms with van der Waals surface area (Å²) in [4.78, 5) is 22.8. The van der Waals surface area contributed by atoms with Gasteiger partial charge in [-0.25, -0.2) is 0 Å². The molecule has 0 aliphatic carbocycles. The van der Waals surface area contributed by atoms with Gasteiger partial charge in [0.15, 0.2) is 5.78 Å². The van der Waals surface area contributed by atoms with E-state index in [-0.39, 0.29) is 23.5 Å². The molecule has 2 rings (SSSR count). The third kappa shape index (κ3) is 3.96. The molecule has 0 spiro atoms. The zero-order chi connectivity index (χ0) is 16.1. The van der Waals surface area contributed by atoms with Crippen molar-refractivity contribution in [2.45, 2.75) is 6.42 Å². The van der Waals surface area contributed by atoms with Crippen molar-refractivity contribution in [3.8, 4) is 5.75 Å². The quantitative estimate of drug-likeness (QED) is 0.653. The van der Waals surface area contributed by atoms with Crippen LogP contribution < -0.4 is 0 Å². The van der Waals surface area contributed by atoms with Gasteiger partial charge in [-0.05, 0) is 42.0 Å². The highest BCUT2D eigenvalue weighted by atomic mass is 35.5. The molecule has 0 bridgehead atoms. The Kier molecular flexibility index (Phi) is 4.96. The Bertz CT molecular complexity index is 750. The summed E-state index contributed by atoms with van der Waals surface area (Å²) in [5.74, 6) is -1.52.